The van der Waals surface area contributed by atoms with Gasteiger partial charge >= 0.3 is 0 Å². The molecule has 164 valence electrons. The first-order chi connectivity index (χ1) is 15.0. The molecule has 31 heavy (non-hydrogen) atoms. The van der Waals surface area contributed by atoms with Gasteiger partial charge in [-0.05, 0) is 56.0 Å². The maximum absolute atomic E-state index is 12.8. The monoisotopic (exact) mass is 458 g/mol. The number of carbonyl (C=O) groups excluding carboxylic acids is 1. The number of amides is 1. The average Bonchev–Trinajstić information content (AvgIpc) is 3.34. The van der Waals surface area contributed by atoms with Crippen LogP contribution in [-0.4, -0.2) is 41.7 Å². The quantitative estimate of drug-likeness (QED) is 0.577. The van der Waals surface area contributed by atoms with Crippen molar-refractivity contribution in [3.8, 4) is 0 Å². The first-order valence-corrected chi connectivity index (χ1v) is 13.1. The van der Waals surface area contributed by atoms with Crippen molar-refractivity contribution in [3.05, 3.63) is 41.0 Å². The molecule has 2 fully saturated rings. The molecule has 9 heteroatoms. The first-order valence-electron chi connectivity index (χ1n) is 10.9. The van der Waals surface area contributed by atoms with Gasteiger partial charge in [0.25, 0.3) is 10.0 Å². The van der Waals surface area contributed by atoms with E-state index in [9.17, 15) is 13.2 Å². The number of fused-ring (bicyclic) bond motifs is 1. The number of hydrogen-bond acceptors (Lipinski definition) is 5. The Hall–Kier alpha value is -2.23. The number of hydrogen-bond donors (Lipinski definition) is 2. The second-order valence-electron chi connectivity index (χ2n) is 8.39. The number of aromatic amines is 1. The smallest absolute Gasteiger partial charge is 0.252 e. The van der Waals surface area contributed by atoms with Gasteiger partial charge in [0.15, 0.2) is 0 Å². The van der Waals surface area contributed by atoms with E-state index in [-0.39, 0.29) is 12.3 Å². The van der Waals surface area contributed by atoms with Gasteiger partial charge in [-0.1, -0.05) is 12.8 Å². The zero-order chi connectivity index (χ0) is 21.4. The highest BCUT2D eigenvalue weighted by molar-refractivity contribution is 7.91. The predicted molar refractivity (Wildman–Crippen MR) is 122 cm³/mol. The number of imidazole rings is 1. The minimum atomic E-state index is -3.45. The van der Waals surface area contributed by atoms with E-state index in [1.807, 2.05) is 18.2 Å². The molecular weight excluding hydrogens is 432 g/mol. The maximum Gasteiger partial charge on any atom is 0.252 e. The van der Waals surface area contributed by atoms with Crippen LogP contribution in [0.1, 0.15) is 55.1 Å². The summed E-state index contributed by atoms with van der Waals surface area (Å²) in [4.78, 5) is 21.3. The van der Waals surface area contributed by atoms with Crippen LogP contribution in [0.2, 0.25) is 0 Å². The minimum Gasteiger partial charge on any atom is -0.342 e. The van der Waals surface area contributed by atoms with Crippen LogP contribution in [0.5, 0.6) is 0 Å². The summed E-state index contributed by atoms with van der Waals surface area (Å²) >= 11 is 1.18. The standard InChI is InChI=1S/C22H26N4O3S2/c27-20(14-17-8-10-21(30-17)31(28,29)26-11-2-1-3-12-26)23-16-7-9-18-19(13-16)25-22(24-18)15-5-4-6-15/h7-10,13,15H,1-6,11-12,14H2,(H,23,27)(H,24,25). The average molecular weight is 459 g/mol. The van der Waals surface area contributed by atoms with Gasteiger partial charge in [0.1, 0.15) is 10.0 Å². The van der Waals surface area contributed by atoms with Crippen molar-refractivity contribution >= 4 is 44.0 Å². The van der Waals surface area contributed by atoms with Gasteiger partial charge in [-0.2, -0.15) is 4.31 Å². The molecule has 0 spiro atoms. The van der Waals surface area contributed by atoms with Crippen molar-refractivity contribution in [2.75, 3.05) is 18.4 Å². The summed E-state index contributed by atoms with van der Waals surface area (Å²) in [5.41, 5.74) is 2.54. The Bertz CT molecular complexity index is 1200. The van der Waals surface area contributed by atoms with E-state index in [2.05, 4.69) is 15.3 Å². The van der Waals surface area contributed by atoms with E-state index < -0.39 is 10.0 Å². The number of sulfonamides is 1. The number of carbonyl (C=O) groups is 1. The molecule has 1 aliphatic heterocycles. The maximum atomic E-state index is 12.8. The van der Waals surface area contributed by atoms with Gasteiger partial charge in [-0.25, -0.2) is 13.4 Å². The number of benzene rings is 1. The second kappa shape index (κ2) is 8.37. The predicted octanol–water partition coefficient (Wildman–Crippen LogP) is 4.25. The number of rotatable bonds is 6. The molecule has 2 aromatic heterocycles. The molecule has 3 heterocycles. The fraction of sp³-hybridized carbons (Fsp3) is 0.455. The van der Waals surface area contributed by atoms with Crippen LogP contribution < -0.4 is 5.32 Å². The number of nitrogens with one attached hydrogen (secondary N) is 2. The lowest BCUT2D eigenvalue weighted by molar-refractivity contribution is -0.115. The number of thiophene rings is 1. The number of anilines is 1. The molecule has 1 saturated carbocycles. The third-order valence-electron chi connectivity index (χ3n) is 6.16. The van der Waals surface area contributed by atoms with Crippen molar-refractivity contribution in [1.82, 2.24) is 14.3 Å². The molecule has 3 aromatic rings. The third kappa shape index (κ3) is 4.26. The van der Waals surface area contributed by atoms with Crippen LogP contribution in [0, 0.1) is 0 Å². The number of nitrogens with zero attached hydrogens (tertiary/aromatic N) is 2. The lowest BCUT2D eigenvalue weighted by atomic mass is 9.85. The van der Waals surface area contributed by atoms with Gasteiger partial charge in [0.2, 0.25) is 5.91 Å². The fourth-order valence-corrected chi connectivity index (χ4v) is 7.20. The molecule has 0 unspecified atom stereocenters. The number of aromatic nitrogens is 2. The van der Waals surface area contributed by atoms with Gasteiger partial charge < -0.3 is 10.3 Å². The highest BCUT2D eigenvalue weighted by atomic mass is 32.2. The largest absolute Gasteiger partial charge is 0.342 e. The van der Waals surface area contributed by atoms with Gasteiger partial charge in [-0.3, -0.25) is 4.79 Å². The van der Waals surface area contributed by atoms with Crippen LogP contribution in [0.15, 0.2) is 34.5 Å². The normalized spacial score (nSPS) is 18.2. The Balaban J connectivity index is 1.24. The van der Waals surface area contributed by atoms with Crippen LogP contribution in [0.25, 0.3) is 11.0 Å². The fourth-order valence-electron chi connectivity index (χ4n) is 4.17. The third-order valence-corrected chi connectivity index (χ3v) is 9.61. The Morgan fingerprint density at radius 2 is 1.94 bits per heavy atom. The minimum absolute atomic E-state index is 0.147. The topological polar surface area (TPSA) is 95.2 Å². The molecule has 5 rings (SSSR count). The molecule has 1 aromatic carbocycles. The highest BCUT2D eigenvalue weighted by Crippen LogP contribution is 2.35. The van der Waals surface area contributed by atoms with Crippen LogP contribution in [-0.2, 0) is 21.2 Å². The molecule has 1 saturated heterocycles. The van der Waals surface area contributed by atoms with E-state index in [1.54, 1.807) is 16.4 Å². The summed E-state index contributed by atoms with van der Waals surface area (Å²) in [7, 11) is -3.45. The Kier molecular flexibility index (Phi) is 5.58. The summed E-state index contributed by atoms with van der Waals surface area (Å²) in [6.45, 7) is 1.16. The Labute approximate surface area is 185 Å². The van der Waals surface area contributed by atoms with Crippen LogP contribution in [0.4, 0.5) is 5.69 Å². The Morgan fingerprint density at radius 1 is 1.13 bits per heavy atom. The van der Waals surface area contributed by atoms with E-state index in [4.69, 9.17) is 0 Å². The van der Waals surface area contributed by atoms with Crippen LogP contribution >= 0.6 is 11.3 Å². The van der Waals surface area contributed by atoms with Gasteiger partial charge in [0, 0.05) is 29.6 Å². The molecule has 0 bridgehead atoms. The summed E-state index contributed by atoms with van der Waals surface area (Å²) in [6.07, 6.45) is 6.65. The molecule has 2 aliphatic rings. The van der Waals surface area contributed by atoms with Crippen molar-refractivity contribution in [1.29, 1.82) is 0 Å². The first kappa shape index (κ1) is 20.7. The second-order valence-corrected chi connectivity index (χ2v) is 11.7. The molecule has 0 radical (unpaired) electrons. The highest BCUT2D eigenvalue weighted by Gasteiger charge is 2.27. The van der Waals surface area contributed by atoms with E-state index >= 15 is 0 Å². The lowest BCUT2D eigenvalue weighted by Crippen LogP contribution is -2.35. The summed E-state index contributed by atoms with van der Waals surface area (Å²) in [6, 6.07) is 9.04. The van der Waals surface area contributed by atoms with E-state index in [0.29, 0.717) is 28.9 Å². The molecule has 2 N–H and O–H groups in total. The van der Waals surface area contributed by atoms with Crippen molar-refractivity contribution in [2.24, 2.45) is 0 Å². The summed E-state index contributed by atoms with van der Waals surface area (Å²) < 4.78 is 27.5. The summed E-state index contributed by atoms with van der Waals surface area (Å²) in [5, 5.41) is 2.92. The van der Waals surface area contributed by atoms with E-state index in [0.717, 1.165) is 41.0 Å². The van der Waals surface area contributed by atoms with Crippen LogP contribution in [0.3, 0.4) is 0 Å². The molecule has 1 aliphatic carbocycles. The number of H-pyrrole nitrogens is 1. The Morgan fingerprint density at radius 3 is 2.68 bits per heavy atom. The summed E-state index contributed by atoms with van der Waals surface area (Å²) in [5.74, 6) is 1.40. The van der Waals surface area contributed by atoms with Gasteiger partial charge in [0.05, 0.1) is 17.5 Å². The molecule has 1 amide bonds. The zero-order valence-electron chi connectivity index (χ0n) is 17.3. The van der Waals surface area contributed by atoms with Gasteiger partial charge in [-0.15, -0.1) is 11.3 Å². The zero-order valence-corrected chi connectivity index (χ0v) is 18.9. The lowest BCUT2D eigenvalue weighted by Gasteiger charge is -2.25. The SMILES string of the molecule is O=C(Cc1ccc(S(=O)(=O)N2CCCCC2)s1)Nc1ccc2nc(C3CCC3)[nH]c2c1. The van der Waals surface area contributed by atoms with Crippen molar-refractivity contribution < 1.29 is 13.2 Å². The molecule has 7 nitrogen and oxygen atoms in total. The number of piperidine rings is 1. The van der Waals surface area contributed by atoms with Crippen molar-refractivity contribution in [3.63, 3.8) is 0 Å². The molecule has 0 atom stereocenters. The molecular formula is C22H26N4O3S2. The van der Waals surface area contributed by atoms with Crippen molar-refractivity contribution in [2.45, 2.75) is 55.1 Å². The van der Waals surface area contributed by atoms with E-state index in [1.165, 1.54) is 30.6 Å².